The van der Waals surface area contributed by atoms with Gasteiger partial charge in [-0.25, -0.2) is 0 Å². The normalized spacial score (nSPS) is 16.8. The molecule has 1 aromatic carbocycles. The maximum atomic E-state index is 12.3. The van der Waals surface area contributed by atoms with E-state index in [0.29, 0.717) is 5.92 Å². The SMILES string of the molecule is Cc1cc(N(CC2CCCCCCC2)C(=O)CCl)ccc1O. The van der Waals surface area contributed by atoms with Crippen LogP contribution in [-0.2, 0) is 4.79 Å². The lowest BCUT2D eigenvalue weighted by molar-refractivity contribution is -0.116. The number of nitrogens with zero attached hydrogens (tertiary/aromatic N) is 1. The third-order valence-corrected chi connectivity index (χ3v) is 4.80. The first kappa shape index (κ1) is 17.1. The summed E-state index contributed by atoms with van der Waals surface area (Å²) in [6.07, 6.45) is 8.82. The third-order valence-electron chi connectivity index (χ3n) is 4.57. The van der Waals surface area contributed by atoms with Crippen LogP contribution in [0.3, 0.4) is 0 Å². The molecule has 1 N–H and O–H groups in total. The summed E-state index contributed by atoms with van der Waals surface area (Å²) in [6.45, 7) is 2.58. The molecule has 1 aliphatic rings. The quantitative estimate of drug-likeness (QED) is 0.820. The van der Waals surface area contributed by atoms with Crippen LogP contribution >= 0.6 is 11.6 Å². The molecule has 122 valence electrons. The second kappa shape index (κ2) is 8.42. The Morgan fingerprint density at radius 1 is 1.23 bits per heavy atom. The molecule has 3 nitrogen and oxygen atoms in total. The average Bonchev–Trinajstić information content (AvgIpc) is 2.48. The second-order valence-electron chi connectivity index (χ2n) is 6.32. The number of aryl methyl sites for hydroxylation is 1. The number of hydrogen-bond donors (Lipinski definition) is 1. The molecule has 1 aromatic rings. The van der Waals surface area contributed by atoms with Gasteiger partial charge in [0.05, 0.1) is 0 Å². The zero-order valence-corrected chi connectivity index (χ0v) is 14.1. The Bertz CT molecular complexity index is 496. The second-order valence-corrected chi connectivity index (χ2v) is 6.59. The average molecular weight is 324 g/mol. The minimum atomic E-state index is -0.0613. The Labute approximate surface area is 138 Å². The smallest absolute Gasteiger partial charge is 0.241 e. The molecule has 0 spiro atoms. The summed E-state index contributed by atoms with van der Waals surface area (Å²) in [5.74, 6) is 0.732. The zero-order valence-electron chi connectivity index (χ0n) is 13.4. The molecule has 0 aliphatic heterocycles. The summed E-state index contributed by atoms with van der Waals surface area (Å²) in [6, 6.07) is 5.32. The molecule has 0 saturated heterocycles. The maximum absolute atomic E-state index is 12.3. The van der Waals surface area contributed by atoms with E-state index in [1.54, 1.807) is 17.0 Å². The summed E-state index contributed by atoms with van der Waals surface area (Å²) in [5.41, 5.74) is 1.62. The number of carbonyl (C=O) groups is 1. The summed E-state index contributed by atoms with van der Waals surface area (Å²) in [4.78, 5) is 14.1. The fourth-order valence-corrected chi connectivity index (χ4v) is 3.36. The highest BCUT2D eigenvalue weighted by atomic mass is 35.5. The predicted octanol–water partition coefficient (Wildman–Crippen LogP) is 4.63. The fraction of sp³-hybridized carbons (Fsp3) is 0.611. The standard InChI is InChI=1S/C18H26ClNO2/c1-14-11-16(9-10-17(14)21)20(18(22)12-19)13-15-7-5-3-2-4-6-8-15/h9-11,15,21H,2-8,12-13H2,1H3. The zero-order chi connectivity index (χ0) is 15.9. The van der Waals surface area contributed by atoms with Crippen LogP contribution in [0.1, 0.15) is 50.5 Å². The number of phenols is 1. The van der Waals surface area contributed by atoms with Crippen molar-refractivity contribution in [3.8, 4) is 5.75 Å². The van der Waals surface area contributed by atoms with Gasteiger partial charge in [0.15, 0.2) is 0 Å². The van der Waals surface area contributed by atoms with Crippen LogP contribution in [-0.4, -0.2) is 23.4 Å². The van der Waals surface area contributed by atoms with Crippen molar-refractivity contribution in [2.24, 2.45) is 5.92 Å². The molecule has 1 aliphatic carbocycles. The van der Waals surface area contributed by atoms with E-state index in [-0.39, 0.29) is 17.5 Å². The molecule has 0 bridgehead atoms. The van der Waals surface area contributed by atoms with Gasteiger partial charge >= 0.3 is 0 Å². The van der Waals surface area contributed by atoms with Crippen molar-refractivity contribution in [2.45, 2.75) is 51.9 Å². The molecule has 1 amide bonds. The largest absolute Gasteiger partial charge is 0.508 e. The number of phenolic OH excluding ortho intramolecular Hbond substituents is 1. The molecule has 1 fully saturated rings. The molecule has 1 saturated carbocycles. The van der Waals surface area contributed by atoms with Gasteiger partial charge in [-0.1, -0.05) is 32.1 Å². The van der Waals surface area contributed by atoms with Crippen LogP contribution in [0.2, 0.25) is 0 Å². The molecule has 22 heavy (non-hydrogen) atoms. The summed E-state index contributed by atoms with van der Waals surface area (Å²) in [5, 5.41) is 9.68. The van der Waals surface area contributed by atoms with Crippen molar-refractivity contribution in [3.63, 3.8) is 0 Å². The molecule has 0 heterocycles. The van der Waals surface area contributed by atoms with E-state index in [0.717, 1.165) is 17.8 Å². The van der Waals surface area contributed by atoms with Crippen molar-refractivity contribution in [3.05, 3.63) is 23.8 Å². The molecule has 4 heteroatoms. The van der Waals surface area contributed by atoms with Gasteiger partial charge in [0.1, 0.15) is 11.6 Å². The van der Waals surface area contributed by atoms with Gasteiger partial charge in [-0.3, -0.25) is 4.79 Å². The van der Waals surface area contributed by atoms with E-state index in [1.165, 1.54) is 44.9 Å². The minimum Gasteiger partial charge on any atom is -0.508 e. The van der Waals surface area contributed by atoms with Crippen molar-refractivity contribution in [1.29, 1.82) is 0 Å². The number of rotatable bonds is 4. The lowest BCUT2D eigenvalue weighted by atomic mass is 9.90. The van der Waals surface area contributed by atoms with E-state index in [4.69, 9.17) is 11.6 Å². The Kier molecular flexibility index (Phi) is 6.56. The molecule has 0 radical (unpaired) electrons. The number of aromatic hydroxyl groups is 1. The van der Waals surface area contributed by atoms with Crippen molar-refractivity contribution in [1.82, 2.24) is 0 Å². The molecular formula is C18H26ClNO2. The number of hydrogen-bond acceptors (Lipinski definition) is 2. The number of alkyl halides is 1. The topological polar surface area (TPSA) is 40.5 Å². The third kappa shape index (κ3) is 4.64. The van der Waals surface area contributed by atoms with Crippen LogP contribution in [0, 0.1) is 12.8 Å². The van der Waals surface area contributed by atoms with Crippen LogP contribution < -0.4 is 4.90 Å². The molecule has 0 atom stereocenters. The highest BCUT2D eigenvalue weighted by molar-refractivity contribution is 6.29. The first-order valence-corrected chi connectivity index (χ1v) is 8.81. The minimum absolute atomic E-state index is 0.00730. The number of halogens is 1. The van der Waals surface area contributed by atoms with Crippen molar-refractivity contribution in [2.75, 3.05) is 17.3 Å². The molecule has 2 rings (SSSR count). The van der Waals surface area contributed by atoms with Gasteiger partial charge in [0.2, 0.25) is 5.91 Å². The lowest BCUT2D eigenvalue weighted by Crippen LogP contribution is -2.36. The molecule has 0 unspecified atom stereocenters. The van der Waals surface area contributed by atoms with E-state index in [9.17, 15) is 9.90 Å². The summed E-state index contributed by atoms with van der Waals surface area (Å²) >= 11 is 5.80. The van der Waals surface area contributed by atoms with Gasteiger partial charge in [-0.15, -0.1) is 11.6 Å². The van der Waals surface area contributed by atoms with E-state index in [1.807, 2.05) is 13.0 Å². The first-order chi connectivity index (χ1) is 10.6. The van der Waals surface area contributed by atoms with Crippen LogP contribution in [0.15, 0.2) is 18.2 Å². The summed E-state index contributed by atoms with van der Waals surface area (Å²) < 4.78 is 0. The number of anilines is 1. The molecular weight excluding hydrogens is 298 g/mol. The number of amides is 1. The van der Waals surface area contributed by atoms with Gasteiger partial charge in [-0.2, -0.15) is 0 Å². The van der Waals surface area contributed by atoms with E-state index >= 15 is 0 Å². The highest BCUT2D eigenvalue weighted by Gasteiger charge is 2.21. The fourth-order valence-electron chi connectivity index (χ4n) is 3.21. The first-order valence-electron chi connectivity index (χ1n) is 8.27. The highest BCUT2D eigenvalue weighted by Crippen LogP contribution is 2.28. The summed E-state index contributed by atoms with van der Waals surface area (Å²) in [7, 11) is 0. The van der Waals surface area contributed by atoms with Crippen LogP contribution in [0.5, 0.6) is 5.75 Å². The van der Waals surface area contributed by atoms with Gasteiger partial charge in [-0.05, 0) is 49.4 Å². The monoisotopic (exact) mass is 323 g/mol. The Morgan fingerprint density at radius 3 is 2.45 bits per heavy atom. The Morgan fingerprint density at radius 2 is 1.86 bits per heavy atom. The van der Waals surface area contributed by atoms with Gasteiger partial charge in [0.25, 0.3) is 0 Å². The van der Waals surface area contributed by atoms with Crippen LogP contribution in [0.25, 0.3) is 0 Å². The van der Waals surface area contributed by atoms with E-state index < -0.39 is 0 Å². The Hall–Kier alpha value is -1.22. The van der Waals surface area contributed by atoms with Crippen molar-refractivity contribution >= 4 is 23.2 Å². The van der Waals surface area contributed by atoms with Gasteiger partial charge < -0.3 is 10.0 Å². The molecule has 0 aromatic heterocycles. The lowest BCUT2D eigenvalue weighted by Gasteiger charge is -2.29. The number of carbonyl (C=O) groups excluding carboxylic acids is 1. The van der Waals surface area contributed by atoms with Crippen LogP contribution in [0.4, 0.5) is 5.69 Å². The maximum Gasteiger partial charge on any atom is 0.241 e. The number of benzene rings is 1. The van der Waals surface area contributed by atoms with Crippen molar-refractivity contribution < 1.29 is 9.90 Å². The van der Waals surface area contributed by atoms with Gasteiger partial charge in [0, 0.05) is 12.2 Å². The van der Waals surface area contributed by atoms with E-state index in [2.05, 4.69) is 0 Å². The predicted molar refractivity (Wildman–Crippen MR) is 91.7 cm³/mol. The Balaban J connectivity index is 2.14.